The number of carboxylic acid groups (broad SMARTS) is 1. The van der Waals surface area contributed by atoms with Gasteiger partial charge in [0.25, 0.3) is 5.91 Å². The maximum Gasteiger partial charge on any atom is 0.354 e. The first-order valence-electron chi connectivity index (χ1n) is 5.54. The zero-order chi connectivity index (χ0) is 13.9. The predicted molar refractivity (Wildman–Crippen MR) is 63.4 cm³/mol. The highest BCUT2D eigenvalue weighted by atomic mass is 16.4. The minimum Gasteiger partial charge on any atom is -0.477 e. The van der Waals surface area contributed by atoms with E-state index in [2.05, 4.69) is 9.97 Å². The molecular weight excluding hydrogens is 238 g/mol. The van der Waals surface area contributed by atoms with Gasteiger partial charge in [-0.2, -0.15) is 0 Å². The number of rotatable bonds is 5. The Kier molecular flexibility index (Phi) is 4.07. The minimum absolute atomic E-state index is 0.105. The van der Waals surface area contributed by atoms with E-state index < -0.39 is 17.5 Å². The van der Waals surface area contributed by atoms with Gasteiger partial charge in [-0.1, -0.05) is 0 Å². The average Bonchev–Trinajstić information content (AvgIpc) is 2.72. The number of imidazole rings is 1. The lowest BCUT2D eigenvalue weighted by atomic mass is 10.1. The third-order valence-electron chi connectivity index (χ3n) is 2.30. The zero-order valence-electron chi connectivity index (χ0n) is 10.6. The molecule has 1 amide bonds. The summed E-state index contributed by atoms with van der Waals surface area (Å²) in [5.74, 6) is -1.76. The second-order valence-corrected chi connectivity index (χ2v) is 4.56. The van der Waals surface area contributed by atoms with Crippen molar-refractivity contribution in [2.45, 2.75) is 26.4 Å². The number of aromatic carboxylic acids is 1. The molecule has 0 aliphatic rings. The number of aromatic nitrogens is 2. The van der Waals surface area contributed by atoms with Crippen LogP contribution in [0.15, 0.2) is 6.33 Å². The van der Waals surface area contributed by atoms with Crippen molar-refractivity contribution < 1.29 is 19.8 Å². The molecule has 0 aromatic carbocycles. The summed E-state index contributed by atoms with van der Waals surface area (Å²) in [4.78, 5) is 30.5. The van der Waals surface area contributed by atoms with Crippen molar-refractivity contribution in [2.75, 3.05) is 13.1 Å². The summed E-state index contributed by atoms with van der Waals surface area (Å²) < 4.78 is 0. The number of likely N-dealkylation sites (N-methyl/N-ethyl adjacent to an activating group) is 1. The Morgan fingerprint density at radius 3 is 2.56 bits per heavy atom. The molecular formula is C11H17N3O4. The molecule has 0 saturated heterocycles. The topological polar surface area (TPSA) is 107 Å². The third-order valence-corrected chi connectivity index (χ3v) is 2.30. The summed E-state index contributed by atoms with van der Waals surface area (Å²) in [6.07, 6.45) is 1.16. The lowest BCUT2D eigenvalue weighted by molar-refractivity contribution is 0.0310. The lowest BCUT2D eigenvalue weighted by Gasteiger charge is -2.27. The van der Waals surface area contributed by atoms with Gasteiger partial charge >= 0.3 is 5.97 Å². The summed E-state index contributed by atoms with van der Waals surface area (Å²) in [6, 6.07) is 0. The predicted octanol–water partition coefficient (Wildman–Crippen LogP) is 0.341. The molecule has 1 aromatic heterocycles. The highest BCUT2D eigenvalue weighted by molar-refractivity contribution is 6.02. The Hall–Kier alpha value is -1.89. The number of carbonyl (C=O) groups is 2. The quantitative estimate of drug-likeness (QED) is 0.703. The van der Waals surface area contributed by atoms with Crippen LogP contribution < -0.4 is 0 Å². The molecule has 0 fully saturated rings. The SMILES string of the molecule is CCN(CC(C)(C)O)C(=O)c1nc[nH]c1C(=O)O. The number of carbonyl (C=O) groups excluding carboxylic acids is 1. The minimum atomic E-state index is -1.24. The Bertz CT molecular complexity index is 447. The number of aliphatic hydroxyl groups is 1. The van der Waals surface area contributed by atoms with Gasteiger partial charge in [0, 0.05) is 13.1 Å². The summed E-state index contributed by atoms with van der Waals surface area (Å²) in [6.45, 7) is 5.36. The molecule has 1 rings (SSSR count). The molecule has 0 spiro atoms. The summed E-state index contributed by atoms with van der Waals surface area (Å²) in [7, 11) is 0. The molecule has 0 radical (unpaired) electrons. The van der Waals surface area contributed by atoms with Gasteiger partial charge in [0.05, 0.1) is 11.9 Å². The average molecular weight is 255 g/mol. The van der Waals surface area contributed by atoms with E-state index in [0.29, 0.717) is 6.54 Å². The smallest absolute Gasteiger partial charge is 0.354 e. The highest BCUT2D eigenvalue weighted by Crippen LogP contribution is 2.11. The first kappa shape index (κ1) is 14.2. The number of amides is 1. The molecule has 0 unspecified atom stereocenters. The zero-order valence-corrected chi connectivity index (χ0v) is 10.6. The molecule has 1 aromatic rings. The normalized spacial score (nSPS) is 11.3. The highest BCUT2D eigenvalue weighted by Gasteiger charge is 2.27. The van der Waals surface area contributed by atoms with E-state index >= 15 is 0 Å². The van der Waals surface area contributed by atoms with Crippen molar-refractivity contribution >= 4 is 11.9 Å². The standard InChI is InChI=1S/C11H17N3O4/c1-4-14(5-11(2,3)18)9(15)7-8(10(16)17)13-6-12-7/h6,18H,4-5H2,1-3H3,(H,12,13)(H,16,17). The molecule has 0 atom stereocenters. The van der Waals surface area contributed by atoms with Crippen LogP contribution in [-0.2, 0) is 0 Å². The maximum absolute atomic E-state index is 12.1. The fourth-order valence-electron chi connectivity index (χ4n) is 1.56. The van der Waals surface area contributed by atoms with Crippen LogP contribution in [0, 0.1) is 0 Å². The molecule has 1 heterocycles. The van der Waals surface area contributed by atoms with E-state index in [1.165, 1.54) is 4.90 Å². The number of aromatic amines is 1. The van der Waals surface area contributed by atoms with Crippen LogP contribution in [0.25, 0.3) is 0 Å². The first-order chi connectivity index (χ1) is 8.26. The van der Waals surface area contributed by atoms with Crippen molar-refractivity contribution in [3.63, 3.8) is 0 Å². The lowest BCUT2D eigenvalue weighted by Crippen LogP contribution is -2.42. The number of carboxylic acids is 1. The van der Waals surface area contributed by atoms with Crippen molar-refractivity contribution in [1.82, 2.24) is 14.9 Å². The summed E-state index contributed by atoms with van der Waals surface area (Å²) >= 11 is 0. The van der Waals surface area contributed by atoms with Crippen molar-refractivity contribution in [3.05, 3.63) is 17.7 Å². The van der Waals surface area contributed by atoms with Crippen molar-refractivity contribution in [2.24, 2.45) is 0 Å². The number of nitrogens with one attached hydrogen (secondary N) is 1. The Morgan fingerprint density at radius 1 is 1.50 bits per heavy atom. The molecule has 0 aliphatic carbocycles. The molecule has 3 N–H and O–H groups in total. The van der Waals surface area contributed by atoms with E-state index in [0.717, 1.165) is 6.33 Å². The van der Waals surface area contributed by atoms with Crippen LogP contribution in [0.2, 0.25) is 0 Å². The second-order valence-electron chi connectivity index (χ2n) is 4.56. The number of nitrogens with zero attached hydrogens (tertiary/aromatic N) is 2. The molecule has 0 saturated carbocycles. The third kappa shape index (κ3) is 3.30. The first-order valence-corrected chi connectivity index (χ1v) is 5.54. The maximum atomic E-state index is 12.1. The van der Waals surface area contributed by atoms with Crippen LogP contribution in [-0.4, -0.2) is 55.6 Å². The van der Waals surface area contributed by atoms with E-state index in [1.54, 1.807) is 20.8 Å². The van der Waals surface area contributed by atoms with Crippen LogP contribution in [0.3, 0.4) is 0 Å². The largest absolute Gasteiger partial charge is 0.477 e. The van der Waals surface area contributed by atoms with Crippen LogP contribution in [0.4, 0.5) is 0 Å². The van der Waals surface area contributed by atoms with Crippen molar-refractivity contribution in [3.8, 4) is 0 Å². The van der Waals surface area contributed by atoms with Gasteiger partial charge in [0.1, 0.15) is 0 Å². The van der Waals surface area contributed by atoms with Crippen LogP contribution in [0.1, 0.15) is 41.7 Å². The van der Waals surface area contributed by atoms with Gasteiger partial charge in [-0.05, 0) is 20.8 Å². The van der Waals surface area contributed by atoms with E-state index in [9.17, 15) is 14.7 Å². The fourth-order valence-corrected chi connectivity index (χ4v) is 1.56. The van der Waals surface area contributed by atoms with Gasteiger partial charge in [0.15, 0.2) is 11.4 Å². The monoisotopic (exact) mass is 255 g/mol. The Balaban J connectivity index is 2.97. The summed E-state index contributed by atoms with van der Waals surface area (Å²) in [5.41, 5.74) is -1.44. The number of hydrogen-bond acceptors (Lipinski definition) is 4. The number of hydrogen-bond donors (Lipinski definition) is 3. The molecule has 100 valence electrons. The molecule has 18 heavy (non-hydrogen) atoms. The van der Waals surface area contributed by atoms with Gasteiger partial charge in [-0.15, -0.1) is 0 Å². The second kappa shape index (κ2) is 5.18. The van der Waals surface area contributed by atoms with E-state index in [1.807, 2.05) is 0 Å². The van der Waals surface area contributed by atoms with E-state index in [4.69, 9.17) is 5.11 Å². The van der Waals surface area contributed by atoms with E-state index in [-0.39, 0.29) is 17.9 Å². The fraction of sp³-hybridized carbons (Fsp3) is 0.545. The molecule has 0 bridgehead atoms. The van der Waals surface area contributed by atoms with Crippen LogP contribution >= 0.6 is 0 Å². The van der Waals surface area contributed by atoms with Crippen molar-refractivity contribution in [1.29, 1.82) is 0 Å². The van der Waals surface area contributed by atoms with Crippen LogP contribution in [0.5, 0.6) is 0 Å². The molecule has 7 nitrogen and oxygen atoms in total. The van der Waals surface area contributed by atoms with Gasteiger partial charge in [-0.3, -0.25) is 4.79 Å². The Morgan fingerprint density at radius 2 is 2.11 bits per heavy atom. The molecule has 7 heteroatoms. The number of H-pyrrole nitrogens is 1. The molecule has 0 aliphatic heterocycles. The van der Waals surface area contributed by atoms with Gasteiger partial charge < -0.3 is 20.1 Å². The Labute approximate surface area is 104 Å². The summed E-state index contributed by atoms with van der Waals surface area (Å²) in [5, 5.41) is 18.6. The van der Waals surface area contributed by atoms with Gasteiger partial charge in [-0.25, -0.2) is 9.78 Å². The van der Waals surface area contributed by atoms with Gasteiger partial charge in [0.2, 0.25) is 0 Å².